The molecule has 1 atom stereocenters. The lowest BCUT2D eigenvalue weighted by Crippen LogP contribution is -2.41. The molecule has 0 aliphatic heterocycles. The van der Waals surface area contributed by atoms with Gasteiger partial charge < -0.3 is 14.6 Å². The van der Waals surface area contributed by atoms with E-state index in [0.717, 1.165) is 37.8 Å². The summed E-state index contributed by atoms with van der Waals surface area (Å²) in [5.41, 5.74) is 1.71. The normalized spacial score (nSPS) is 20.4. The Balaban J connectivity index is 1.60. The molecular formula is C22H29N3O3. The Morgan fingerprint density at radius 1 is 1.25 bits per heavy atom. The third-order valence-electron chi connectivity index (χ3n) is 5.95. The number of methoxy groups -OCH3 is 1. The third-order valence-corrected chi connectivity index (χ3v) is 5.95. The molecule has 1 saturated carbocycles. The Kier molecular flexibility index (Phi) is 6.49. The molecule has 1 aliphatic rings. The Labute approximate surface area is 165 Å². The molecule has 6 heteroatoms. The quantitative estimate of drug-likeness (QED) is 0.831. The van der Waals surface area contributed by atoms with Crippen molar-refractivity contribution in [2.45, 2.75) is 51.0 Å². The summed E-state index contributed by atoms with van der Waals surface area (Å²) in [6, 6.07) is 9.09. The van der Waals surface area contributed by atoms with Crippen LogP contribution in [0.1, 0.15) is 61.0 Å². The molecule has 0 aromatic carbocycles. The molecule has 6 nitrogen and oxygen atoms in total. The van der Waals surface area contributed by atoms with Gasteiger partial charge in [0.25, 0.3) is 5.91 Å². The van der Waals surface area contributed by atoms with Crippen molar-refractivity contribution < 1.29 is 9.53 Å². The van der Waals surface area contributed by atoms with Crippen molar-refractivity contribution in [2.24, 2.45) is 13.0 Å². The lowest BCUT2D eigenvalue weighted by molar-refractivity contribution is 0.0908. The number of carbonyl (C=O) groups is 1. The number of pyridine rings is 2. The second-order valence-corrected chi connectivity index (χ2v) is 7.54. The van der Waals surface area contributed by atoms with Crippen molar-refractivity contribution in [1.29, 1.82) is 0 Å². The van der Waals surface area contributed by atoms with Crippen LogP contribution < -0.4 is 15.6 Å². The lowest BCUT2D eigenvalue weighted by Gasteiger charge is -2.34. The third kappa shape index (κ3) is 4.43. The van der Waals surface area contributed by atoms with Gasteiger partial charge >= 0.3 is 0 Å². The van der Waals surface area contributed by atoms with E-state index in [0.29, 0.717) is 23.3 Å². The van der Waals surface area contributed by atoms with Crippen LogP contribution in [0, 0.1) is 5.92 Å². The van der Waals surface area contributed by atoms with E-state index in [1.54, 1.807) is 36.1 Å². The molecule has 0 radical (unpaired) electrons. The number of aromatic nitrogens is 2. The smallest absolute Gasteiger partial charge is 0.253 e. The molecule has 1 aliphatic carbocycles. The van der Waals surface area contributed by atoms with Crippen molar-refractivity contribution in [3.63, 3.8) is 0 Å². The average Bonchev–Trinajstić information content (AvgIpc) is 2.74. The summed E-state index contributed by atoms with van der Waals surface area (Å²) in [4.78, 5) is 28.6. The molecule has 150 valence electrons. The van der Waals surface area contributed by atoms with Gasteiger partial charge in [0.05, 0.1) is 12.7 Å². The van der Waals surface area contributed by atoms with E-state index in [2.05, 4.69) is 23.3 Å². The highest BCUT2D eigenvalue weighted by atomic mass is 16.5. The van der Waals surface area contributed by atoms with E-state index < -0.39 is 0 Å². The Bertz CT molecular complexity index is 852. The monoisotopic (exact) mass is 383 g/mol. The topological polar surface area (TPSA) is 73.2 Å². The fourth-order valence-electron chi connectivity index (χ4n) is 4.25. The molecule has 1 fully saturated rings. The van der Waals surface area contributed by atoms with Gasteiger partial charge in [-0.3, -0.25) is 9.59 Å². The van der Waals surface area contributed by atoms with E-state index in [-0.39, 0.29) is 17.5 Å². The molecular weight excluding hydrogens is 354 g/mol. The highest BCUT2D eigenvalue weighted by Crippen LogP contribution is 2.37. The zero-order chi connectivity index (χ0) is 20.1. The minimum Gasteiger partial charge on any atom is -0.481 e. The highest BCUT2D eigenvalue weighted by molar-refractivity contribution is 5.94. The number of rotatable bonds is 6. The first-order chi connectivity index (χ1) is 13.5. The number of ether oxygens (including phenoxy) is 1. The van der Waals surface area contributed by atoms with Crippen LogP contribution in [0.5, 0.6) is 5.88 Å². The number of hydrogen-bond donors (Lipinski definition) is 1. The molecule has 1 N–H and O–H groups in total. The standard InChI is InChI=1S/C22H29N3O3/c1-4-18(24-22(27)17-12-13-20(28-3)23-14-17)15-8-10-16(11-9-15)19-6-5-7-21(26)25(19)2/h5-7,12-16,18H,4,8-11H2,1-3H3,(H,24,27)/t15-,16-,18-/m0/s1. The van der Waals surface area contributed by atoms with Gasteiger partial charge in [0.15, 0.2) is 0 Å². The van der Waals surface area contributed by atoms with Gasteiger partial charge in [-0.1, -0.05) is 13.0 Å². The van der Waals surface area contributed by atoms with Crippen LogP contribution >= 0.6 is 0 Å². The number of carbonyl (C=O) groups excluding carboxylic acids is 1. The van der Waals surface area contributed by atoms with Gasteiger partial charge in [0.2, 0.25) is 11.4 Å². The molecule has 28 heavy (non-hydrogen) atoms. The summed E-state index contributed by atoms with van der Waals surface area (Å²) in [5.74, 6) is 1.28. The Morgan fingerprint density at radius 2 is 2.00 bits per heavy atom. The molecule has 2 heterocycles. The Hall–Kier alpha value is -2.63. The zero-order valence-electron chi connectivity index (χ0n) is 16.9. The molecule has 0 saturated heterocycles. The van der Waals surface area contributed by atoms with E-state index in [1.165, 1.54) is 0 Å². The number of nitrogens with one attached hydrogen (secondary N) is 1. The Morgan fingerprint density at radius 3 is 2.61 bits per heavy atom. The summed E-state index contributed by atoms with van der Waals surface area (Å²) in [5, 5.41) is 3.19. The summed E-state index contributed by atoms with van der Waals surface area (Å²) in [7, 11) is 3.40. The van der Waals surface area contributed by atoms with E-state index in [4.69, 9.17) is 4.74 Å². The van der Waals surface area contributed by atoms with Crippen molar-refractivity contribution in [2.75, 3.05) is 7.11 Å². The predicted molar refractivity (Wildman–Crippen MR) is 109 cm³/mol. The van der Waals surface area contributed by atoms with Gasteiger partial charge in [-0.15, -0.1) is 0 Å². The second kappa shape index (κ2) is 9.04. The first-order valence-corrected chi connectivity index (χ1v) is 10.00. The second-order valence-electron chi connectivity index (χ2n) is 7.54. The van der Waals surface area contributed by atoms with E-state index in [1.807, 2.05) is 13.1 Å². The van der Waals surface area contributed by atoms with Crippen molar-refractivity contribution in [1.82, 2.24) is 14.9 Å². The fraction of sp³-hybridized carbons (Fsp3) is 0.500. The molecule has 1 amide bonds. The zero-order valence-corrected chi connectivity index (χ0v) is 16.9. The molecule has 2 aromatic heterocycles. The van der Waals surface area contributed by atoms with E-state index in [9.17, 15) is 9.59 Å². The first-order valence-electron chi connectivity index (χ1n) is 10.00. The van der Waals surface area contributed by atoms with Gasteiger partial charge in [0.1, 0.15) is 0 Å². The maximum absolute atomic E-state index is 12.6. The predicted octanol–water partition coefficient (Wildman–Crippen LogP) is 3.27. The first kappa shape index (κ1) is 20.1. The van der Waals surface area contributed by atoms with Crippen LogP contribution in [0.15, 0.2) is 41.3 Å². The van der Waals surface area contributed by atoms with Gasteiger partial charge in [0, 0.05) is 37.1 Å². The van der Waals surface area contributed by atoms with Crippen molar-refractivity contribution in [3.05, 3.63) is 58.1 Å². The van der Waals surface area contributed by atoms with Gasteiger partial charge in [-0.25, -0.2) is 4.98 Å². The molecule has 0 spiro atoms. The molecule has 3 rings (SSSR count). The molecule has 0 unspecified atom stereocenters. The summed E-state index contributed by atoms with van der Waals surface area (Å²) >= 11 is 0. The summed E-state index contributed by atoms with van der Waals surface area (Å²) in [6.45, 7) is 2.12. The lowest BCUT2D eigenvalue weighted by atomic mass is 9.76. The SMILES string of the molecule is CC[C@H](NC(=O)c1ccc(OC)nc1)[C@H]1CC[C@H](c2cccc(=O)n2C)CC1. The summed E-state index contributed by atoms with van der Waals surface area (Å²) < 4.78 is 6.81. The largest absolute Gasteiger partial charge is 0.481 e. The van der Waals surface area contributed by atoms with Crippen LogP contribution in [0.3, 0.4) is 0 Å². The van der Waals surface area contributed by atoms with Gasteiger partial charge in [-0.2, -0.15) is 0 Å². The average molecular weight is 383 g/mol. The van der Waals surface area contributed by atoms with Crippen LogP contribution in [-0.2, 0) is 7.05 Å². The number of hydrogen-bond acceptors (Lipinski definition) is 4. The van der Waals surface area contributed by atoms with Crippen LogP contribution in [0.25, 0.3) is 0 Å². The van der Waals surface area contributed by atoms with Crippen molar-refractivity contribution >= 4 is 5.91 Å². The summed E-state index contributed by atoms with van der Waals surface area (Å²) in [6.07, 6.45) is 6.62. The maximum Gasteiger partial charge on any atom is 0.253 e. The van der Waals surface area contributed by atoms with E-state index >= 15 is 0 Å². The van der Waals surface area contributed by atoms with Crippen LogP contribution in [0.2, 0.25) is 0 Å². The minimum atomic E-state index is -0.0883. The molecule has 2 aromatic rings. The molecule has 0 bridgehead atoms. The highest BCUT2D eigenvalue weighted by Gasteiger charge is 2.29. The fourth-order valence-corrected chi connectivity index (χ4v) is 4.25. The minimum absolute atomic E-state index is 0.0476. The van der Waals surface area contributed by atoms with Crippen LogP contribution in [0.4, 0.5) is 0 Å². The number of nitrogens with zero attached hydrogens (tertiary/aromatic N) is 2. The van der Waals surface area contributed by atoms with Crippen molar-refractivity contribution in [3.8, 4) is 5.88 Å². The number of amides is 1. The maximum atomic E-state index is 12.6. The van der Waals surface area contributed by atoms with Crippen LogP contribution in [-0.4, -0.2) is 28.6 Å². The van der Waals surface area contributed by atoms with Gasteiger partial charge in [-0.05, 0) is 56.1 Å².